The molecule has 4 rings (SSSR count). The number of carbonyl (C=O) groups is 1. The molecule has 1 aliphatic heterocycles. The molecule has 142 valence electrons. The minimum Gasteiger partial charge on any atom is -0.493 e. The summed E-state index contributed by atoms with van der Waals surface area (Å²) in [5.41, 5.74) is 3.53. The summed E-state index contributed by atoms with van der Waals surface area (Å²) in [5, 5.41) is 0. The molecule has 0 N–H and O–H groups in total. The fraction of sp³-hybridized carbons (Fsp3) is 0.435. The normalized spacial score (nSPS) is 19.6. The molecule has 27 heavy (non-hydrogen) atoms. The molecule has 4 heteroatoms. The van der Waals surface area contributed by atoms with Gasteiger partial charge in [0, 0.05) is 12.5 Å². The van der Waals surface area contributed by atoms with E-state index in [0.717, 1.165) is 42.7 Å². The lowest BCUT2D eigenvalue weighted by Gasteiger charge is -2.39. The van der Waals surface area contributed by atoms with Crippen molar-refractivity contribution in [1.29, 1.82) is 0 Å². The summed E-state index contributed by atoms with van der Waals surface area (Å²) in [6.07, 6.45) is 5.23. The molecule has 1 aliphatic carbocycles. The number of rotatable bonds is 4. The van der Waals surface area contributed by atoms with Crippen LogP contribution in [0.5, 0.6) is 11.5 Å². The van der Waals surface area contributed by atoms with Crippen molar-refractivity contribution >= 4 is 5.91 Å². The molecule has 1 unspecified atom stereocenters. The first kappa shape index (κ1) is 17.9. The van der Waals surface area contributed by atoms with Crippen molar-refractivity contribution in [2.45, 2.75) is 38.1 Å². The van der Waals surface area contributed by atoms with Gasteiger partial charge in [0.2, 0.25) is 5.91 Å². The number of ether oxygens (including phenoxy) is 2. The first-order valence-electron chi connectivity index (χ1n) is 9.83. The van der Waals surface area contributed by atoms with Gasteiger partial charge in [-0.1, -0.05) is 43.2 Å². The lowest BCUT2D eigenvalue weighted by atomic mass is 9.86. The Morgan fingerprint density at radius 1 is 1.00 bits per heavy atom. The van der Waals surface area contributed by atoms with Gasteiger partial charge in [-0.05, 0) is 48.1 Å². The first-order chi connectivity index (χ1) is 13.2. The van der Waals surface area contributed by atoms with E-state index in [9.17, 15) is 4.79 Å². The molecule has 1 amide bonds. The zero-order valence-corrected chi connectivity index (χ0v) is 16.1. The highest BCUT2D eigenvalue weighted by Gasteiger charge is 2.36. The molecule has 1 heterocycles. The maximum Gasteiger partial charge on any atom is 0.226 e. The number of benzene rings is 2. The maximum atomic E-state index is 13.3. The number of hydrogen-bond donors (Lipinski definition) is 0. The molecule has 2 aromatic carbocycles. The zero-order chi connectivity index (χ0) is 18.8. The number of amides is 1. The Morgan fingerprint density at radius 2 is 1.67 bits per heavy atom. The molecule has 0 radical (unpaired) electrons. The fourth-order valence-electron chi connectivity index (χ4n) is 4.59. The van der Waals surface area contributed by atoms with Crippen molar-refractivity contribution in [3.8, 4) is 11.5 Å². The van der Waals surface area contributed by atoms with Gasteiger partial charge in [-0.15, -0.1) is 0 Å². The summed E-state index contributed by atoms with van der Waals surface area (Å²) in [7, 11) is 3.32. The molecule has 0 spiro atoms. The second-order valence-electron chi connectivity index (χ2n) is 7.48. The number of nitrogens with zero attached hydrogens (tertiary/aromatic N) is 1. The van der Waals surface area contributed by atoms with Crippen molar-refractivity contribution in [1.82, 2.24) is 4.90 Å². The van der Waals surface area contributed by atoms with Gasteiger partial charge >= 0.3 is 0 Å². The minimum atomic E-state index is -0.0668. The molecule has 1 fully saturated rings. The average molecular weight is 365 g/mol. The van der Waals surface area contributed by atoms with E-state index >= 15 is 0 Å². The molecular weight excluding hydrogens is 338 g/mol. The van der Waals surface area contributed by atoms with Crippen LogP contribution in [0, 0.1) is 5.92 Å². The molecule has 1 atom stereocenters. The van der Waals surface area contributed by atoms with Crippen LogP contribution in [-0.4, -0.2) is 31.6 Å². The van der Waals surface area contributed by atoms with Crippen molar-refractivity contribution in [3.63, 3.8) is 0 Å². The third-order valence-corrected chi connectivity index (χ3v) is 5.98. The first-order valence-corrected chi connectivity index (χ1v) is 9.83. The number of hydrogen-bond acceptors (Lipinski definition) is 3. The van der Waals surface area contributed by atoms with Gasteiger partial charge in [0.1, 0.15) is 0 Å². The summed E-state index contributed by atoms with van der Waals surface area (Å²) < 4.78 is 11.0. The topological polar surface area (TPSA) is 38.8 Å². The standard InChI is InChI=1S/C23H27NO3/c1-26-20-14-18-12-13-24(23(25)17-10-6-7-11-17)22(16-8-4-3-5-9-16)19(18)15-21(20)27-2/h3-5,8-9,14-15,17,22H,6-7,10-13H2,1-2H3. The van der Waals surface area contributed by atoms with E-state index in [2.05, 4.69) is 29.2 Å². The van der Waals surface area contributed by atoms with Crippen LogP contribution in [0.1, 0.15) is 48.4 Å². The summed E-state index contributed by atoms with van der Waals surface area (Å²) in [5.74, 6) is 1.95. The van der Waals surface area contributed by atoms with Crippen molar-refractivity contribution in [3.05, 3.63) is 59.2 Å². The number of fused-ring (bicyclic) bond motifs is 1. The van der Waals surface area contributed by atoms with Gasteiger partial charge in [-0.3, -0.25) is 4.79 Å². The van der Waals surface area contributed by atoms with Crippen LogP contribution in [0.15, 0.2) is 42.5 Å². The van der Waals surface area contributed by atoms with Crippen molar-refractivity contribution in [2.24, 2.45) is 5.92 Å². The molecule has 0 aromatic heterocycles. The molecule has 2 aliphatic rings. The lowest BCUT2D eigenvalue weighted by Crippen LogP contribution is -2.43. The van der Waals surface area contributed by atoms with Crippen LogP contribution in [0.25, 0.3) is 0 Å². The van der Waals surface area contributed by atoms with Crippen LogP contribution in [-0.2, 0) is 11.2 Å². The summed E-state index contributed by atoms with van der Waals surface area (Å²) >= 11 is 0. The van der Waals surface area contributed by atoms with E-state index in [1.807, 2.05) is 18.2 Å². The second-order valence-corrected chi connectivity index (χ2v) is 7.48. The van der Waals surface area contributed by atoms with Crippen LogP contribution in [0.4, 0.5) is 0 Å². The Morgan fingerprint density at radius 3 is 2.33 bits per heavy atom. The molecule has 2 aromatic rings. The van der Waals surface area contributed by atoms with Crippen molar-refractivity contribution in [2.75, 3.05) is 20.8 Å². The quantitative estimate of drug-likeness (QED) is 0.808. The largest absolute Gasteiger partial charge is 0.493 e. The molecule has 1 saturated carbocycles. The van der Waals surface area contributed by atoms with E-state index in [-0.39, 0.29) is 12.0 Å². The second kappa shape index (κ2) is 7.63. The summed E-state index contributed by atoms with van der Waals surface area (Å²) in [6.45, 7) is 0.747. The third kappa shape index (κ3) is 3.29. The highest BCUT2D eigenvalue weighted by Crippen LogP contribution is 2.42. The predicted octanol–water partition coefficient (Wildman–Crippen LogP) is 4.37. The van der Waals surface area contributed by atoms with Crippen molar-refractivity contribution < 1.29 is 14.3 Å². The predicted molar refractivity (Wildman–Crippen MR) is 105 cm³/mol. The Hall–Kier alpha value is -2.49. The highest BCUT2D eigenvalue weighted by molar-refractivity contribution is 5.80. The van der Waals surface area contributed by atoms with Crippen LogP contribution in [0.3, 0.4) is 0 Å². The highest BCUT2D eigenvalue weighted by atomic mass is 16.5. The van der Waals surface area contributed by atoms with E-state index in [1.165, 1.54) is 18.4 Å². The minimum absolute atomic E-state index is 0.0668. The third-order valence-electron chi connectivity index (χ3n) is 5.98. The van der Waals surface area contributed by atoms with E-state index in [4.69, 9.17) is 9.47 Å². The molecule has 0 saturated heterocycles. The average Bonchev–Trinajstić information content (AvgIpc) is 3.26. The molecule has 0 bridgehead atoms. The van der Waals surface area contributed by atoms with Crippen LogP contribution >= 0.6 is 0 Å². The van der Waals surface area contributed by atoms with Gasteiger partial charge in [0.15, 0.2) is 11.5 Å². The SMILES string of the molecule is COc1cc2c(cc1OC)C(c1ccccc1)N(C(=O)C1CCCC1)CC2. The lowest BCUT2D eigenvalue weighted by molar-refractivity contribution is -0.137. The Labute approximate surface area is 161 Å². The fourth-order valence-corrected chi connectivity index (χ4v) is 4.59. The Kier molecular flexibility index (Phi) is 5.06. The van der Waals surface area contributed by atoms with Gasteiger partial charge < -0.3 is 14.4 Å². The monoisotopic (exact) mass is 365 g/mol. The van der Waals surface area contributed by atoms with E-state index in [1.54, 1.807) is 14.2 Å². The zero-order valence-electron chi connectivity index (χ0n) is 16.1. The molecule has 4 nitrogen and oxygen atoms in total. The Bertz CT molecular complexity index is 812. The number of carbonyl (C=O) groups excluding carboxylic acids is 1. The van der Waals surface area contributed by atoms with E-state index < -0.39 is 0 Å². The van der Waals surface area contributed by atoms with Gasteiger partial charge in [0.05, 0.1) is 20.3 Å². The van der Waals surface area contributed by atoms with Gasteiger partial charge in [-0.25, -0.2) is 0 Å². The van der Waals surface area contributed by atoms with Gasteiger partial charge in [-0.2, -0.15) is 0 Å². The van der Waals surface area contributed by atoms with Crippen LogP contribution in [0.2, 0.25) is 0 Å². The summed E-state index contributed by atoms with van der Waals surface area (Å²) in [4.78, 5) is 15.4. The maximum absolute atomic E-state index is 13.3. The Balaban J connectivity index is 1.80. The van der Waals surface area contributed by atoms with E-state index in [0.29, 0.717) is 11.7 Å². The smallest absolute Gasteiger partial charge is 0.226 e. The van der Waals surface area contributed by atoms with Gasteiger partial charge in [0.25, 0.3) is 0 Å². The summed E-state index contributed by atoms with van der Waals surface area (Å²) in [6, 6.07) is 14.4. The number of methoxy groups -OCH3 is 2. The van der Waals surface area contributed by atoms with Crippen LogP contribution < -0.4 is 9.47 Å². The molecular formula is C23H27NO3.